The number of rotatable bonds is 7. The molecule has 1 aromatic carbocycles. The zero-order chi connectivity index (χ0) is 18.2. The molecule has 1 saturated heterocycles. The first-order valence-corrected chi connectivity index (χ1v) is 8.89. The summed E-state index contributed by atoms with van der Waals surface area (Å²) in [6.45, 7) is 3.08. The topological polar surface area (TPSA) is 77.9 Å². The van der Waals surface area contributed by atoms with Crippen molar-refractivity contribution in [2.45, 2.75) is 51.5 Å². The van der Waals surface area contributed by atoms with Crippen LogP contribution in [-0.2, 0) is 14.4 Å². The number of hydrogen-bond donors (Lipinski definition) is 1. The highest BCUT2D eigenvalue weighted by Crippen LogP contribution is 2.25. The number of carboxylic acids is 1. The van der Waals surface area contributed by atoms with E-state index in [1.165, 1.54) is 0 Å². The van der Waals surface area contributed by atoms with Gasteiger partial charge >= 0.3 is 5.97 Å². The van der Waals surface area contributed by atoms with Crippen LogP contribution in [0.2, 0.25) is 0 Å². The van der Waals surface area contributed by atoms with Crippen LogP contribution in [0.1, 0.15) is 45.4 Å². The van der Waals surface area contributed by atoms with Crippen molar-refractivity contribution in [3.63, 3.8) is 0 Å². The van der Waals surface area contributed by atoms with E-state index in [1.54, 1.807) is 4.90 Å². The molecule has 1 fully saturated rings. The summed E-state index contributed by atoms with van der Waals surface area (Å²) in [5.74, 6) is -0.770. The molecule has 1 aliphatic heterocycles. The molecule has 1 heterocycles. The molecule has 0 radical (unpaired) electrons. The first-order valence-electron chi connectivity index (χ1n) is 8.89. The number of hydrogen-bond acceptors (Lipinski definition) is 3. The fraction of sp³-hybridized carbons (Fsp3) is 0.526. The van der Waals surface area contributed by atoms with E-state index in [1.807, 2.05) is 42.2 Å². The Hall–Kier alpha value is -2.37. The molecule has 6 heteroatoms. The van der Waals surface area contributed by atoms with Crippen molar-refractivity contribution in [2.75, 3.05) is 18.0 Å². The molecule has 0 spiro atoms. The van der Waals surface area contributed by atoms with E-state index in [0.717, 1.165) is 18.5 Å². The molecule has 1 N–H and O–H groups in total. The second-order valence-corrected chi connectivity index (χ2v) is 6.31. The minimum Gasteiger partial charge on any atom is -0.481 e. The maximum Gasteiger partial charge on any atom is 0.303 e. The lowest BCUT2D eigenvalue weighted by atomic mass is 10.0. The molecule has 0 aromatic heterocycles. The van der Waals surface area contributed by atoms with Crippen LogP contribution in [0.5, 0.6) is 0 Å². The number of para-hydroxylation sites is 1. The third-order valence-corrected chi connectivity index (χ3v) is 4.57. The van der Waals surface area contributed by atoms with Gasteiger partial charge in [0.05, 0.1) is 0 Å². The second kappa shape index (κ2) is 9.20. The number of benzene rings is 1. The number of nitrogens with zero attached hydrogens (tertiary/aromatic N) is 2. The molecule has 1 aliphatic rings. The van der Waals surface area contributed by atoms with E-state index >= 15 is 0 Å². The number of carboxylic acid groups (broad SMARTS) is 1. The number of carbonyl (C=O) groups is 3. The van der Waals surface area contributed by atoms with Gasteiger partial charge in [0.2, 0.25) is 11.8 Å². The van der Waals surface area contributed by atoms with Gasteiger partial charge in [0.1, 0.15) is 0 Å². The van der Waals surface area contributed by atoms with E-state index < -0.39 is 5.97 Å². The molecule has 0 saturated carbocycles. The molecule has 6 nitrogen and oxygen atoms in total. The highest BCUT2D eigenvalue weighted by atomic mass is 16.4. The maximum absolute atomic E-state index is 12.4. The van der Waals surface area contributed by atoms with Crippen molar-refractivity contribution in [3.05, 3.63) is 30.3 Å². The van der Waals surface area contributed by atoms with Crippen molar-refractivity contribution >= 4 is 23.5 Å². The van der Waals surface area contributed by atoms with Crippen LogP contribution >= 0.6 is 0 Å². The van der Waals surface area contributed by atoms with Gasteiger partial charge in [-0.25, -0.2) is 0 Å². The highest BCUT2D eigenvalue weighted by Gasteiger charge is 2.29. The molecule has 0 aliphatic carbocycles. The van der Waals surface area contributed by atoms with Crippen LogP contribution < -0.4 is 4.90 Å². The molecule has 0 bridgehead atoms. The largest absolute Gasteiger partial charge is 0.481 e. The Labute approximate surface area is 148 Å². The monoisotopic (exact) mass is 346 g/mol. The van der Waals surface area contributed by atoms with Gasteiger partial charge < -0.3 is 14.9 Å². The zero-order valence-electron chi connectivity index (χ0n) is 14.7. The van der Waals surface area contributed by atoms with Gasteiger partial charge in [-0.3, -0.25) is 14.4 Å². The van der Waals surface area contributed by atoms with E-state index in [2.05, 4.69) is 0 Å². The number of aliphatic carboxylic acids is 1. The van der Waals surface area contributed by atoms with Gasteiger partial charge in [0, 0.05) is 44.1 Å². The summed E-state index contributed by atoms with van der Waals surface area (Å²) in [6.07, 6.45) is 2.60. The Balaban J connectivity index is 1.93. The predicted molar refractivity (Wildman–Crippen MR) is 95.3 cm³/mol. The molecule has 25 heavy (non-hydrogen) atoms. The average Bonchev–Trinajstić information content (AvgIpc) is 2.63. The summed E-state index contributed by atoms with van der Waals surface area (Å²) >= 11 is 0. The normalized spacial score (nSPS) is 15.0. The minimum atomic E-state index is -0.872. The van der Waals surface area contributed by atoms with Gasteiger partial charge in [-0.1, -0.05) is 25.1 Å². The van der Waals surface area contributed by atoms with Crippen LogP contribution in [-0.4, -0.2) is 46.9 Å². The molecule has 0 unspecified atom stereocenters. The van der Waals surface area contributed by atoms with E-state index in [9.17, 15) is 14.4 Å². The Morgan fingerprint density at radius 2 is 1.76 bits per heavy atom. The van der Waals surface area contributed by atoms with Crippen LogP contribution in [0.3, 0.4) is 0 Å². The first-order chi connectivity index (χ1) is 12.0. The third-order valence-electron chi connectivity index (χ3n) is 4.57. The summed E-state index contributed by atoms with van der Waals surface area (Å²) in [7, 11) is 0. The van der Waals surface area contributed by atoms with Crippen LogP contribution in [0.4, 0.5) is 5.69 Å². The Morgan fingerprint density at radius 3 is 2.32 bits per heavy atom. The molecular weight excluding hydrogens is 320 g/mol. The maximum atomic E-state index is 12.4. The summed E-state index contributed by atoms with van der Waals surface area (Å²) in [5, 5.41) is 8.65. The lowest BCUT2D eigenvalue weighted by Gasteiger charge is -2.38. The lowest BCUT2D eigenvalue weighted by Crippen LogP contribution is -2.49. The van der Waals surface area contributed by atoms with Gasteiger partial charge in [-0.15, -0.1) is 0 Å². The third kappa shape index (κ3) is 5.31. The number of anilines is 1. The summed E-state index contributed by atoms with van der Waals surface area (Å²) < 4.78 is 0. The molecular formula is C19H26N2O4. The average molecular weight is 346 g/mol. The van der Waals surface area contributed by atoms with E-state index in [0.29, 0.717) is 25.9 Å². The van der Waals surface area contributed by atoms with Crippen molar-refractivity contribution in [2.24, 2.45) is 0 Å². The smallest absolute Gasteiger partial charge is 0.303 e. The number of likely N-dealkylation sites (tertiary alicyclic amines) is 1. The number of amides is 2. The van der Waals surface area contributed by atoms with Crippen LogP contribution in [0, 0.1) is 0 Å². The minimum absolute atomic E-state index is 0.00720. The predicted octanol–water partition coefficient (Wildman–Crippen LogP) is 2.68. The SMILES string of the molecule is CCC(=O)N(c1ccccc1)C1CCN(C(=O)CCCC(=O)O)CC1. The quantitative estimate of drug-likeness (QED) is 0.823. The molecule has 0 atom stereocenters. The molecule has 2 amide bonds. The molecule has 136 valence electrons. The van der Waals surface area contributed by atoms with Gasteiger partial charge in [0.25, 0.3) is 0 Å². The summed E-state index contributed by atoms with van der Waals surface area (Å²) in [4.78, 5) is 38.8. The number of carbonyl (C=O) groups excluding carboxylic acids is 2. The fourth-order valence-corrected chi connectivity index (χ4v) is 3.24. The fourth-order valence-electron chi connectivity index (χ4n) is 3.24. The first kappa shape index (κ1) is 19.0. The van der Waals surface area contributed by atoms with Gasteiger partial charge in [-0.2, -0.15) is 0 Å². The van der Waals surface area contributed by atoms with Crippen molar-refractivity contribution < 1.29 is 19.5 Å². The molecule has 1 aromatic rings. The summed E-state index contributed by atoms with van der Waals surface area (Å²) in [5.41, 5.74) is 0.903. The standard InChI is InChI=1S/C19H26N2O4/c1-2-17(22)21(15-7-4-3-5-8-15)16-11-13-20(14-12-16)18(23)9-6-10-19(24)25/h3-5,7-8,16H,2,6,9-14H2,1H3,(H,24,25). The lowest BCUT2D eigenvalue weighted by molar-refractivity contribution is -0.137. The van der Waals surface area contributed by atoms with Crippen LogP contribution in [0.25, 0.3) is 0 Å². The van der Waals surface area contributed by atoms with Crippen molar-refractivity contribution in [3.8, 4) is 0 Å². The van der Waals surface area contributed by atoms with Crippen LogP contribution in [0.15, 0.2) is 30.3 Å². The Bertz CT molecular complexity index is 595. The van der Waals surface area contributed by atoms with Gasteiger partial charge in [0.15, 0.2) is 0 Å². The van der Waals surface area contributed by atoms with E-state index in [-0.39, 0.29) is 30.7 Å². The Morgan fingerprint density at radius 1 is 1.12 bits per heavy atom. The van der Waals surface area contributed by atoms with Crippen molar-refractivity contribution in [1.82, 2.24) is 4.90 Å². The van der Waals surface area contributed by atoms with Crippen molar-refractivity contribution in [1.29, 1.82) is 0 Å². The Kier molecular flexibility index (Phi) is 6.98. The second-order valence-electron chi connectivity index (χ2n) is 6.31. The van der Waals surface area contributed by atoms with E-state index in [4.69, 9.17) is 5.11 Å². The number of piperidine rings is 1. The molecule has 2 rings (SSSR count). The zero-order valence-corrected chi connectivity index (χ0v) is 14.7. The summed E-state index contributed by atoms with van der Waals surface area (Å²) in [6, 6.07) is 9.75. The van der Waals surface area contributed by atoms with Gasteiger partial charge in [-0.05, 0) is 31.4 Å². The highest BCUT2D eigenvalue weighted by molar-refractivity contribution is 5.93.